The molecular formula is C14H9FNO2S-. The molecular weight excluding hydrogens is 265 g/mol. The van der Waals surface area contributed by atoms with Crippen molar-refractivity contribution in [3.8, 4) is 0 Å². The topological polar surface area (TPSA) is 45.1 Å². The number of aromatic carboxylic acids is 1. The molecule has 0 saturated heterocycles. The molecule has 0 amide bonds. The number of carboxylic acids is 1. The van der Waals surface area contributed by atoms with Gasteiger partial charge in [-0.1, -0.05) is 18.2 Å². The molecule has 0 bridgehead atoms. The van der Waals surface area contributed by atoms with Gasteiger partial charge in [-0.25, -0.2) is 4.39 Å². The molecule has 0 atom stereocenters. The Hall–Kier alpha value is -2.14. The molecule has 96 valence electrons. The maximum absolute atomic E-state index is 13.7. The summed E-state index contributed by atoms with van der Waals surface area (Å²) in [7, 11) is 0. The maximum Gasteiger partial charge on any atom is 0.128 e. The number of nitrogens with zero attached hydrogens (tertiary/aromatic N) is 1. The predicted octanol–water partition coefficient (Wildman–Crippen LogP) is 2.25. The van der Waals surface area contributed by atoms with Crippen molar-refractivity contribution < 1.29 is 14.3 Å². The van der Waals surface area contributed by atoms with E-state index in [1.54, 1.807) is 28.8 Å². The fourth-order valence-corrected chi connectivity index (χ4v) is 2.94. The summed E-state index contributed by atoms with van der Waals surface area (Å²) in [5.74, 6) is -1.59. The minimum Gasteiger partial charge on any atom is -0.543 e. The fourth-order valence-electron chi connectivity index (χ4n) is 2.11. The van der Waals surface area contributed by atoms with Crippen LogP contribution in [-0.2, 0) is 6.54 Å². The minimum atomic E-state index is -1.25. The summed E-state index contributed by atoms with van der Waals surface area (Å²) < 4.78 is 16.1. The van der Waals surface area contributed by atoms with Crippen molar-refractivity contribution >= 4 is 27.5 Å². The predicted molar refractivity (Wildman–Crippen MR) is 69.6 cm³/mol. The van der Waals surface area contributed by atoms with Crippen molar-refractivity contribution in [2.24, 2.45) is 0 Å². The summed E-state index contributed by atoms with van der Waals surface area (Å²) in [4.78, 5) is 11.1. The molecule has 2 heterocycles. The lowest BCUT2D eigenvalue weighted by atomic mass is 10.2. The first-order chi connectivity index (χ1) is 9.16. The van der Waals surface area contributed by atoms with Gasteiger partial charge in [-0.05, 0) is 23.6 Å². The number of hydrogen-bond acceptors (Lipinski definition) is 3. The third kappa shape index (κ3) is 2.02. The van der Waals surface area contributed by atoms with Gasteiger partial charge in [0.15, 0.2) is 0 Å². The molecule has 0 radical (unpaired) electrons. The van der Waals surface area contributed by atoms with E-state index in [1.807, 2.05) is 11.4 Å². The monoisotopic (exact) mass is 274 g/mol. The van der Waals surface area contributed by atoms with E-state index in [9.17, 15) is 14.3 Å². The third-order valence-electron chi connectivity index (χ3n) is 3.02. The first-order valence-electron chi connectivity index (χ1n) is 5.68. The van der Waals surface area contributed by atoms with Gasteiger partial charge >= 0.3 is 0 Å². The van der Waals surface area contributed by atoms with Gasteiger partial charge in [0.2, 0.25) is 0 Å². The largest absolute Gasteiger partial charge is 0.543 e. The Morgan fingerprint density at radius 3 is 2.84 bits per heavy atom. The molecule has 0 aliphatic heterocycles. The fraction of sp³-hybridized carbons (Fsp3) is 0.0714. The van der Waals surface area contributed by atoms with Crippen LogP contribution in [-0.4, -0.2) is 10.5 Å². The van der Waals surface area contributed by atoms with Crippen molar-refractivity contribution in [3.05, 3.63) is 58.9 Å². The van der Waals surface area contributed by atoms with Gasteiger partial charge in [0, 0.05) is 5.56 Å². The van der Waals surface area contributed by atoms with Crippen molar-refractivity contribution in [2.45, 2.75) is 6.54 Å². The number of carboxylic acid groups (broad SMARTS) is 1. The lowest BCUT2D eigenvalue weighted by Crippen LogP contribution is -2.25. The van der Waals surface area contributed by atoms with Gasteiger partial charge in [0.1, 0.15) is 5.82 Å². The van der Waals surface area contributed by atoms with E-state index in [0.717, 1.165) is 10.2 Å². The molecule has 0 spiro atoms. The molecule has 1 aromatic carbocycles. The number of thiophene rings is 1. The third-order valence-corrected chi connectivity index (χ3v) is 3.87. The highest BCUT2D eigenvalue weighted by Crippen LogP contribution is 2.26. The van der Waals surface area contributed by atoms with E-state index in [2.05, 4.69) is 0 Å². The standard InChI is InChI=1S/C14H10FNO2S/c15-10-4-2-1-3-9(10)8-16-11-5-6-19-13(11)7-12(16)14(17)18/h1-7H,8H2,(H,17,18)/p-1. The lowest BCUT2D eigenvalue weighted by Gasteiger charge is -2.11. The van der Waals surface area contributed by atoms with E-state index in [0.29, 0.717) is 5.56 Å². The molecule has 19 heavy (non-hydrogen) atoms. The van der Waals surface area contributed by atoms with Crippen LogP contribution in [0.4, 0.5) is 4.39 Å². The zero-order chi connectivity index (χ0) is 13.4. The summed E-state index contributed by atoms with van der Waals surface area (Å²) in [5, 5.41) is 13.0. The molecule has 0 aliphatic carbocycles. The number of carbonyl (C=O) groups is 1. The first-order valence-corrected chi connectivity index (χ1v) is 6.56. The van der Waals surface area contributed by atoms with Crippen LogP contribution in [0, 0.1) is 5.82 Å². The van der Waals surface area contributed by atoms with Crippen LogP contribution in [0.15, 0.2) is 41.8 Å². The summed E-state index contributed by atoms with van der Waals surface area (Å²) in [6, 6.07) is 9.73. The summed E-state index contributed by atoms with van der Waals surface area (Å²) >= 11 is 1.45. The van der Waals surface area contributed by atoms with Crippen molar-refractivity contribution in [1.82, 2.24) is 4.57 Å². The van der Waals surface area contributed by atoms with Crippen LogP contribution < -0.4 is 5.11 Å². The second-order valence-corrected chi connectivity index (χ2v) is 5.11. The van der Waals surface area contributed by atoms with Crippen LogP contribution >= 0.6 is 11.3 Å². The summed E-state index contributed by atoms with van der Waals surface area (Å²) in [6.45, 7) is 0.177. The molecule has 5 heteroatoms. The zero-order valence-corrected chi connectivity index (χ0v) is 10.6. The number of aromatic nitrogens is 1. The molecule has 0 fully saturated rings. The van der Waals surface area contributed by atoms with Crippen LogP contribution in [0.25, 0.3) is 10.2 Å². The van der Waals surface area contributed by atoms with Gasteiger partial charge in [-0.15, -0.1) is 11.3 Å². The van der Waals surface area contributed by atoms with E-state index in [1.165, 1.54) is 17.4 Å². The summed E-state index contributed by atoms with van der Waals surface area (Å²) in [6.07, 6.45) is 0. The molecule has 0 saturated carbocycles. The maximum atomic E-state index is 13.7. The Bertz CT molecular complexity index is 760. The van der Waals surface area contributed by atoms with Crippen LogP contribution in [0.2, 0.25) is 0 Å². The molecule has 2 aromatic heterocycles. The number of halogens is 1. The van der Waals surface area contributed by atoms with Crippen molar-refractivity contribution in [2.75, 3.05) is 0 Å². The van der Waals surface area contributed by atoms with Gasteiger partial charge in [0.05, 0.1) is 28.4 Å². The highest BCUT2D eigenvalue weighted by Gasteiger charge is 2.12. The van der Waals surface area contributed by atoms with Gasteiger partial charge in [0.25, 0.3) is 0 Å². The Morgan fingerprint density at radius 1 is 1.32 bits per heavy atom. The molecule has 3 aromatic rings. The van der Waals surface area contributed by atoms with Gasteiger partial charge in [-0.3, -0.25) is 0 Å². The molecule has 0 aliphatic rings. The average Bonchev–Trinajstić information content (AvgIpc) is 2.94. The Labute approximate surface area is 112 Å². The van der Waals surface area contributed by atoms with Gasteiger partial charge in [-0.2, -0.15) is 0 Å². The van der Waals surface area contributed by atoms with E-state index < -0.39 is 5.97 Å². The highest BCUT2D eigenvalue weighted by molar-refractivity contribution is 7.17. The van der Waals surface area contributed by atoms with Crippen LogP contribution in [0.3, 0.4) is 0 Å². The smallest absolute Gasteiger partial charge is 0.128 e. The van der Waals surface area contributed by atoms with Crippen molar-refractivity contribution in [3.63, 3.8) is 0 Å². The molecule has 3 rings (SSSR count). The number of carbonyl (C=O) groups excluding carboxylic acids is 1. The molecule has 3 nitrogen and oxygen atoms in total. The number of benzene rings is 1. The molecule has 0 N–H and O–H groups in total. The van der Waals surface area contributed by atoms with Gasteiger partial charge < -0.3 is 14.5 Å². The minimum absolute atomic E-state index is 0.0742. The zero-order valence-electron chi connectivity index (χ0n) is 9.80. The van der Waals surface area contributed by atoms with Crippen LogP contribution in [0.5, 0.6) is 0 Å². The number of hydrogen-bond donors (Lipinski definition) is 0. The Morgan fingerprint density at radius 2 is 2.11 bits per heavy atom. The van der Waals surface area contributed by atoms with E-state index in [4.69, 9.17) is 0 Å². The quantitative estimate of drug-likeness (QED) is 0.735. The van der Waals surface area contributed by atoms with E-state index >= 15 is 0 Å². The Balaban J connectivity index is 2.13. The molecule has 0 unspecified atom stereocenters. The number of fused-ring (bicyclic) bond motifs is 1. The van der Waals surface area contributed by atoms with Crippen molar-refractivity contribution in [1.29, 1.82) is 0 Å². The first kappa shape index (κ1) is 11.9. The SMILES string of the molecule is O=C([O-])c1cc2sccc2n1Cc1ccccc1F. The number of rotatable bonds is 3. The second kappa shape index (κ2) is 4.51. The Kier molecular flexibility index (Phi) is 2.83. The average molecular weight is 274 g/mol. The normalized spacial score (nSPS) is 11.0. The van der Waals surface area contributed by atoms with Crippen LogP contribution in [0.1, 0.15) is 16.1 Å². The summed E-state index contributed by atoms with van der Waals surface area (Å²) in [5.41, 5.74) is 1.31. The lowest BCUT2D eigenvalue weighted by molar-refractivity contribution is -0.255. The van der Waals surface area contributed by atoms with E-state index in [-0.39, 0.29) is 18.1 Å². The highest BCUT2D eigenvalue weighted by atomic mass is 32.1. The second-order valence-electron chi connectivity index (χ2n) is 4.16.